The van der Waals surface area contributed by atoms with Crippen molar-refractivity contribution in [2.75, 3.05) is 12.5 Å². The molecule has 0 aliphatic carbocycles. The Bertz CT molecular complexity index is 644. The lowest BCUT2D eigenvalue weighted by Crippen LogP contribution is -1.98. The standard InChI is InChI=1S/C12H11N5O3/c1-20-12-6-11(13-8-14-12)16-15-7-9-4-2-3-5-10(9)17(18)19/h2-8H,1H3,(H,13,14,16). The number of nitro groups is 1. The quantitative estimate of drug-likeness (QED) is 0.506. The van der Waals surface area contributed by atoms with E-state index in [1.54, 1.807) is 24.3 Å². The Hall–Kier alpha value is -3.03. The molecule has 8 heteroatoms. The maximum absolute atomic E-state index is 10.8. The third-order valence-electron chi connectivity index (χ3n) is 2.37. The zero-order valence-corrected chi connectivity index (χ0v) is 10.6. The van der Waals surface area contributed by atoms with Gasteiger partial charge >= 0.3 is 0 Å². The predicted octanol–water partition coefficient (Wildman–Crippen LogP) is 1.84. The Morgan fingerprint density at radius 1 is 1.40 bits per heavy atom. The number of ether oxygens (including phenoxy) is 1. The van der Waals surface area contributed by atoms with Crippen LogP contribution in [0.4, 0.5) is 11.5 Å². The Labute approximate surface area is 114 Å². The molecular weight excluding hydrogens is 262 g/mol. The van der Waals surface area contributed by atoms with E-state index >= 15 is 0 Å². The van der Waals surface area contributed by atoms with E-state index in [1.165, 1.54) is 25.7 Å². The second-order valence-corrected chi connectivity index (χ2v) is 3.63. The van der Waals surface area contributed by atoms with Crippen molar-refractivity contribution in [1.29, 1.82) is 0 Å². The van der Waals surface area contributed by atoms with Gasteiger partial charge in [-0.1, -0.05) is 12.1 Å². The topological polar surface area (TPSA) is 103 Å². The van der Waals surface area contributed by atoms with Crippen molar-refractivity contribution in [3.05, 3.63) is 52.3 Å². The summed E-state index contributed by atoms with van der Waals surface area (Å²) in [5, 5.41) is 14.7. The van der Waals surface area contributed by atoms with Gasteiger partial charge in [-0.15, -0.1) is 0 Å². The molecule has 0 saturated carbocycles. The fourth-order valence-electron chi connectivity index (χ4n) is 1.44. The van der Waals surface area contributed by atoms with Gasteiger partial charge < -0.3 is 4.74 Å². The summed E-state index contributed by atoms with van der Waals surface area (Å²) >= 11 is 0. The van der Waals surface area contributed by atoms with Crippen molar-refractivity contribution < 1.29 is 9.66 Å². The van der Waals surface area contributed by atoms with E-state index < -0.39 is 4.92 Å². The molecule has 20 heavy (non-hydrogen) atoms. The molecule has 0 unspecified atom stereocenters. The van der Waals surface area contributed by atoms with Crippen LogP contribution in [0.1, 0.15) is 5.56 Å². The molecule has 0 aliphatic heterocycles. The summed E-state index contributed by atoms with van der Waals surface area (Å²) in [7, 11) is 1.49. The van der Waals surface area contributed by atoms with Crippen LogP contribution in [0.15, 0.2) is 41.8 Å². The summed E-state index contributed by atoms with van der Waals surface area (Å²) in [6.45, 7) is 0. The van der Waals surface area contributed by atoms with Crippen LogP contribution in [0.5, 0.6) is 5.88 Å². The molecule has 2 aromatic rings. The summed E-state index contributed by atoms with van der Waals surface area (Å²) in [6.07, 6.45) is 2.67. The normalized spacial score (nSPS) is 10.4. The van der Waals surface area contributed by atoms with Crippen molar-refractivity contribution in [2.24, 2.45) is 5.10 Å². The van der Waals surface area contributed by atoms with E-state index in [9.17, 15) is 10.1 Å². The van der Waals surface area contributed by atoms with Crippen LogP contribution < -0.4 is 10.2 Å². The number of nitrogens with one attached hydrogen (secondary N) is 1. The van der Waals surface area contributed by atoms with Gasteiger partial charge in [0, 0.05) is 12.1 Å². The molecular formula is C12H11N5O3. The van der Waals surface area contributed by atoms with E-state index in [0.717, 1.165) is 0 Å². The first-order valence-electron chi connectivity index (χ1n) is 5.59. The maximum atomic E-state index is 10.8. The van der Waals surface area contributed by atoms with Gasteiger partial charge in [-0.3, -0.25) is 15.5 Å². The van der Waals surface area contributed by atoms with Crippen LogP contribution in [-0.2, 0) is 0 Å². The SMILES string of the molecule is COc1cc(NN=Cc2ccccc2[N+](=O)[O-])ncn1. The minimum atomic E-state index is -0.463. The molecule has 8 nitrogen and oxygen atoms in total. The minimum Gasteiger partial charge on any atom is -0.481 e. The van der Waals surface area contributed by atoms with Crippen LogP contribution in [0, 0.1) is 10.1 Å². The average Bonchev–Trinajstić information content (AvgIpc) is 2.48. The third kappa shape index (κ3) is 3.25. The summed E-state index contributed by atoms with van der Waals surface area (Å²) in [6, 6.07) is 7.86. The number of para-hydroxylation sites is 1. The fourth-order valence-corrected chi connectivity index (χ4v) is 1.44. The third-order valence-corrected chi connectivity index (χ3v) is 2.37. The molecule has 1 aromatic carbocycles. The highest BCUT2D eigenvalue weighted by Gasteiger charge is 2.09. The largest absolute Gasteiger partial charge is 0.481 e. The molecule has 0 aliphatic rings. The van der Waals surface area contributed by atoms with Crippen molar-refractivity contribution >= 4 is 17.7 Å². The van der Waals surface area contributed by atoms with Crippen LogP contribution in [0.2, 0.25) is 0 Å². The molecule has 0 amide bonds. The van der Waals surface area contributed by atoms with Gasteiger partial charge in [0.05, 0.1) is 23.8 Å². The van der Waals surface area contributed by atoms with Gasteiger partial charge in [0.1, 0.15) is 6.33 Å². The number of aromatic nitrogens is 2. The second kappa shape index (κ2) is 6.23. The lowest BCUT2D eigenvalue weighted by Gasteiger charge is -2.01. The van der Waals surface area contributed by atoms with E-state index in [2.05, 4.69) is 20.5 Å². The molecule has 1 heterocycles. The number of hydrogen-bond acceptors (Lipinski definition) is 7. The number of hydrogen-bond donors (Lipinski definition) is 1. The molecule has 0 fully saturated rings. The molecule has 1 aromatic heterocycles. The lowest BCUT2D eigenvalue weighted by molar-refractivity contribution is -0.385. The highest BCUT2D eigenvalue weighted by Crippen LogP contribution is 2.15. The van der Waals surface area contributed by atoms with Crippen molar-refractivity contribution in [2.45, 2.75) is 0 Å². The number of benzene rings is 1. The minimum absolute atomic E-state index is 0.0154. The smallest absolute Gasteiger partial charge is 0.278 e. The molecule has 0 spiro atoms. The van der Waals surface area contributed by atoms with Gasteiger partial charge in [-0.25, -0.2) is 9.97 Å². The van der Waals surface area contributed by atoms with Crippen molar-refractivity contribution in [3.8, 4) is 5.88 Å². The van der Waals surface area contributed by atoms with Crippen LogP contribution in [0.3, 0.4) is 0 Å². The van der Waals surface area contributed by atoms with Crippen LogP contribution in [-0.4, -0.2) is 28.2 Å². The maximum Gasteiger partial charge on any atom is 0.278 e. The number of hydrazone groups is 1. The lowest BCUT2D eigenvalue weighted by atomic mass is 10.2. The zero-order chi connectivity index (χ0) is 14.4. The number of nitrogens with zero attached hydrogens (tertiary/aromatic N) is 4. The predicted molar refractivity (Wildman–Crippen MR) is 72.9 cm³/mol. The summed E-state index contributed by atoms with van der Waals surface area (Å²) in [4.78, 5) is 18.1. The first-order valence-corrected chi connectivity index (χ1v) is 5.59. The van der Waals surface area contributed by atoms with E-state index in [0.29, 0.717) is 17.3 Å². The molecule has 0 saturated heterocycles. The number of methoxy groups -OCH3 is 1. The Kier molecular flexibility index (Phi) is 4.17. The second-order valence-electron chi connectivity index (χ2n) is 3.63. The highest BCUT2D eigenvalue weighted by atomic mass is 16.6. The van der Waals surface area contributed by atoms with Gasteiger partial charge in [0.2, 0.25) is 5.88 Å². The number of anilines is 1. The molecule has 0 bridgehead atoms. The first kappa shape index (κ1) is 13.4. The summed E-state index contributed by atoms with van der Waals surface area (Å²) < 4.78 is 4.94. The number of nitro benzene ring substituents is 1. The van der Waals surface area contributed by atoms with Gasteiger partial charge in [-0.05, 0) is 6.07 Å². The molecule has 2 rings (SSSR count). The average molecular weight is 273 g/mol. The molecule has 1 N–H and O–H groups in total. The summed E-state index contributed by atoms with van der Waals surface area (Å²) in [5.41, 5.74) is 3.03. The highest BCUT2D eigenvalue weighted by molar-refractivity contribution is 5.85. The Morgan fingerprint density at radius 2 is 2.20 bits per heavy atom. The first-order chi connectivity index (χ1) is 9.70. The molecule has 102 valence electrons. The van der Waals surface area contributed by atoms with E-state index in [4.69, 9.17) is 4.74 Å². The zero-order valence-electron chi connectivity index (χ0n) is 10.6. The monoisotopic (exact) mass is 273 g/mol. The Balaban J connectivity index is 2.12. The summed E-state index contributed by atoms with van der Waals surface area (Å²) in [5.74, 6) is 0.815. The van der Waals surface area contributed by atoms with Crippen molar-refractivity contribution in [3.63, 3.8) is 0 Å². The van der Waals surface area contributed by atoms with Gasteiger partial charge in [0.15, 0.2) is 5.82 Å². The number of rotatable bonds is 5. The van der Waals surface area contributed by atoms with Crippen molar-refractivity contribution in [1.82, 2.24) is 9.97 Å². The van der Waals surface area contributed by atoms with Gasteiger partial charge in [0.25, 0.3) is 5.69 Å². The van der Waals surface area contributed by atoms with E-state index in [1.807, 2.05) is 0 Å². The van der Waals surface area contributed by atoms with Gasteiger partial charge in [-0.2, -0.15) is 5.10 Å². The Morgan fingerprint density at radius 3 is 2.95 bits per heavy atom. The van der Waals surface area contributed by atoms with E-state index in [-0.39, 0.29) is 5.69 Å². The molecule has 0 radical (unpaired) electrons. The fraction of sp³-hybridized carbons (Fsp3) is 0.0833. The van der Waals surface area contributed by atoms with Crippen LogP contribution in [0.25, 0.3) is 0 Å². The van der Waals surface area contributed by atoms with Crippen LogP contribution >= 0.6 is 0 Å². The molecule has 0 atom stereocenters.